The summed E-state index contributed by atoms with van der Waals surface area (Å²) in [5, 5.41) is 3.31. The summed E-state index contributed by atoms with van der Waals surface area (Å²) < 4.78 is 6.38. The van der Waals surface area contributed by atoms with Gasteiger partial charge in [-0.1, -0.05) is 0 Å². The summed E-state index contributed by atoms with van der Waals surface area (Å²) in [5.74, 6) is 0.700. The number of aromatic nitrogens is 2. The molecule has 2 rings (SSSR count). The van der Waals surface area contributed by atoms with Gasteiger partial charge in [-0.15, -0.1) is 0 Å². The number of morpholine rings is 1. The molecule has 1 atom stereocenters. The first-order valence-corrected chi connectivity index (χ1v) is 6.86. The van der Waals surface area contributed by atoms with E-state index in [1.807, 2.05) is 12.4 Å². The minimum Gasteiger partial charge on any atom is -0.379 e. The van der Waals surface area contributed by atoms with Crippen LogP contribution in [0, 0.1) is 3.57 Å². The minimum absolute atomic E-state index is 0.341. The summed E-state index contributed by atoms with van der Waals surface area (Å²) in [6.45, 7) is 6.86. The number of nitrogens with one attached hydrogen (secondary N) is 1. The standard InChI is InChI=1S/C11H17IN4O/c1-9(8-16-2-4-17-5-3-16)15-11-13-6-10(12)7-14-11/h6-7,9H,2-5,8H2,1H3,(H,13,14,15). The molecule has 94 valence electrons. The van der Waals surface area contributed by atoms with Crippen molar-refractivity contribution in [1.29, 1.82) is 0 Å². The number of halogens is 1. The SMILES string of the molecule is CC(CN1CCOCC1)Nc1ncc(I)cn1. The Hall–Kier alpha value is -0.470. The molecule has 1 unspecified atom stereocenters. The molecule has 1 aliphatic rings. The van der Waals surface area contributed by atoms with Gasteiger partial charge >= 0.3 is 0 Å². The van der Waals surface area contributed by atoms with E-state index in [1.54, 1.807) is 0 Å². The highest BCUT2D eigenvalue weighted by atomic mass is 127. The summed E-state index contributed by atoms with van der Waals surface area (Å²) in [7, 11) is 0. The molecular weight excluding hydrogens is 331 g/mol. The maximum Gasteiger partial charge on any atom is 0.222 e. The number of hydrogen-bond donors (Lipinski definition) is 1. The fourth-order valence-electron chi connectivity index (χ4n) is 1.82. The molecule has 0 saturated carbocycles. The van der Waals surface area contributed by atoms with Gasteiger partial charge in [-0.05, 0) is 29.5 Å². The van der Waals surface area contributed by atoms with Gasteiger partial charge in [0, 0.05) is 41.6 Å². The van der Waals surface area contributed by atoms with Gasteiger partial charge in [-0.3, -0.25) is 4.90 Å². The molecule has 1 aromatic heterocycles. The van der Waals surface area contributed by atoms with E-state index in [9.17, 15) is 0 Å². The topological polar surface area (TPSA) is 50.3 Å². The molecule has 1 fully saturated rings. The van der Waals surface area contributed by atoms with E-state index in [0.717, 1.165) is 36.4 Å². The van der Waals surface area contributed by atoms with Crippen molar-refractivity contribution in [3.05, 3.63) is 16.0 Å². The van der Waals surface area contributed by atoms with Crippen LogP contribution in [0.25, 0.3) is 0 Å². The average Bonchev–Trinajstić information content (AvgIpc) is 2.33. The van der Waals surface area contributed by atoms with Crippen LogP contribution in [0.5, 0.6) is 0 Å². The van der Waals surface area contributed by atoms with Gasteiger partial charge in [0.1, 0.15) is 0 Å². The Balaban J connectivity index is 1.79. The van der Waals surface area contributed by atoms with E-state index in [0.29, 0.717) is 12.0 Å². The van der Waals surface area contributed by atoms with Crippen LogP contribution in [0.2, 0.25) is 0 Å². The van der Waals surface area contributed by atoms with Gasteiger partial charge in [0.25, 0.3) is 0 Å². The Morgan fingerprint density at radius 1 is 1.41 bits per heavy atom. The molecule has 1 aromatic rings. The van der Waals surface area contributed by atoms with Crippen molar-refractivity contribution >= 4 is 28.5 Å². The molecule has 1 saturated heterocycles. The van der Waals surface area contributed by atoms with Gasteiger partial charge in [0.15, 0.2) is 0 Å². The molecule has 1 aliphatic heterocycles. The Bertz CT molecular complexity index is 340. The Kier molecular flexibility index (Phi) is 4.93. The number of hydrogen-bond acceptors (Lipinski definition) is 5. The third-order valence-electron chi connectivity index (χ3n) is 2.63. The van der Waals surface area contributed by atoms with Crippen LogP contribution >= 0.6 is 22.6 Å². The van der Waals surface area contributed by atoms with Crippen molar-refractivity contribution in [2.75, 3.05) is 38.2 Å². The zero-order valence-electron chi connectivity index (χ0n) is 9.90. The second-order valence-electron chi connectivity index (χ2n) is 4.18. The highest BCUT2D eigenvalue weighted by Gasteiger charge is 2.13. The smallest absolute Gasteiger partial charge is 0.222 e. The fourth-order valence-corrected chi connectivity index (χ4v) is 2.10. The van der Waals surface area contributed by atoms with Crippen molar-refractivity contribution in [1.82, 2.24) is 14.9 Å². The number of ether oxygens (including phenoxy) is 1. The van der Waals surface area contributed by atoms with Crippen LogP contribution in [0.15, 0.2) is 12.4 Å². The Morgan fingerprint density at radius 2 is 2.06 bits per heavy atom. The van der Waals surface area contributed by atoms with E-state index in [-0.39, 0.29) is 0 Å². The second kappa shape index (κ2) is 6.46. The highest BCUT2D eigenvalue weighted by Crippen LogP contribution is 2.05. The molecule has 0 aliphatic carbocycles. The predicted molar refractivity (Wildman–Crippen MR) is 75.1 cm³/mol. The van der Waals surface area contributed by atoms with Crippen molar-refractivity contribution in [3.63, 3.8) is 0 Å². The van der Waals surface area contributed by atoms with E-state index >= 15 is 0 Å². The molecule has 6 heteroatoms. The number of rotatable bonds is 4. The molecule has 2 heterocycles. The minimum atomic E-state index is 0.341. The van der Waals surface area contributed by atoms with Crippen LogP contribution in [0.1, 0.15) is 6.92 Å². The fraction of sp³-hybridized carbons (Fsp3) is 0.636. The number of anilines is 1. The normalized spacial score (nSPS) is 18.9. The lowest BCUT2D eigenvalue weighted by molar-refractivity contribution is 0.0368. The Labute approximate surface area is 115 Å². The summed E-state index contributed by atoms with van der Waals surface area (Å²) in [4.78, 5) is 10.9. The summed E-state index contributed by atoms with van der Waals surface area (Å²) in [5.41, 5.74) is 0. The lowest BCUT2D eigenvalue weighted by atomic mass is 10.3. The first-order chi connectivity index (χ1) is 8.24. The predicted octanol–water partition coefficient (Wildman–Crippen LogP) is 1.21. The molecule has 0 aromatic carbocycles. The summed E-state index contributed by atoms with van der Waals surface area (Å²) in [6.07, 6.45) is 3.63. The maximum atomic E-state index is 5.33. The van der Waals surface area contributed by atoms with Crippen LogP contribution in [0.4, 0.5) is 5.95 Å². The molecule has 0 radical (unpaired) electrons. The second-order valence-corrected chi connectivity index (χ2v) is 5.43. The van der Waals surface area contributed by atoms with Gasteiger partial charge in [-0.25, -0.2) is 9.97 Å². The van der Waals surface area contributed by atoms with Crippen molar-refractivity contribution in [2.45, 2.75) is 13.0 Å². The van der Waals surface area contributed by atoms with Gasteiger partial charge in [0.05, 0.1) is 13.2 Å². The summed E-state index contributed by atoms with van der Waals surface area (Å²) in [6, 6.07) is 0.341. The quantitative estimate of drug-likeness (QED) is 0.830. The first-order valence-electron chi connectivity index (χ1n) is 5.78. The monoisotopic (exact) mass is 348 g/mol. The molecule has 0 bridgehead atoms. The largest absolute Gasteiger partial charge is 0.379 e. The van der Waals surface area contributed by atoms with E-state index in [2.05, 4.69) is 49.7 Å². The van der Waals surface area contributed by atoms with Crippen LogP contribution in [-0.2, 0) is 4.74 Å². The third kappa shape index (κ3) is 4.36. The van der Waals surface area contributed by atoms with Gasteiger partial charge in [0.2, 0.25) is 5.95 Å². The van der Waals surface area contributed by atoms with Gasteiger partial charge in [-0.2, -0.15) is 0 Å². The van der Waals surface area contributed by atoms with Crippen LogP contribution in [-0.4, -0.2) is 53.8 Å². The molecule has 0 amide bonds. The van der Waals surface area contributed by atoms with E-state index in [1.165, 1.54) is 0 Å². The van der Waals surface area contributed by atoms with Gasteiger partial charge < -0.3 is 10.1 Å². The average molecular weight is 348 g/mol. The van der Waals surface area contributed by atoms with Crippen LogP contribution < -0.4 is 5.32 Å². The molecule has 17 heavy (non-hydrogen) atoms. The zero-order chi connectivity index (χ0) is 12.1. The highest BCUT2D eigenvalue weighted by molar-refractivity contribution is 14.1. The number of nitrogens with zero attached hydrogens (tertiary/aromatic N) is 3. The lowest BCUT2D eigenvalue weighted by Crippen LogP contribution is -2.42. The zero-order valence-corrected chi connectivity index (χ0v) is 12.1. The molecule has 0 spiro atoms. The lowest BCUT2D eigenvalue weighted by Gasteiger charge is -2.29. The van der Waals surface area contributed by atoms with E-state index < -0.39 is 0 Å². The molecular formula is C11H17IN4O. The third-order valence-corrected chi connectivity index (χ3v) is 3.19. The van der Waals surface area contributed by atoms with Crippen molar-refractivity contribution in [3.8, 4) is 0 Å². The van der Waals surface area contributed by atoms with Crippen molar-refractivity contribution < 1.29 is 4.74 Å². The first kappa shape index (κ1) is 13.0. The summed E-state index contributed by atoms with van der Waals surface area (Å²) >= 11 is 2.20. The van der Waals surface area contributed by atoms with Crippen molar-refractivity contribution in [2.24, 2.45) is 0 Å². The molecule has 5 nitrogen and oxygen atoms in total. The van der Waals surface area contributed by atoms with Crippen LogP contribution in [0.3, 0.4) is 0 Å². The van der Waals surface area contributed by atoms with E-state index in [4.69, 9.17) is 4.74 Å². The Morgan fingerprint density at radius 3 is 2.71 bits per heavy atom. The maximum absolute atomic E-state index is 5.33. The molecule has 1 N–H and O–H groups in total.